The smallest absolute Gasteiger partial charge is 0.357 e. The van der Waals surface area contributed by atoms with E-state index < -0.39 is 0 Å². The van der Waals surface area contributed by atoms with Crippen molar-refractivity contribution in [2.24, 2.45) is 0 Å². The number of H-pyrrole nitrogens is 1. The van der Waals surface area contributed by atoms with Crippen LogP contribution in [0.3, 0.4) is 0 Å². The Kier molecular flexibility index (Phi) is 8.74. The second-order valence-corrected chi connectivity index (χ2v) is 11.6. The maximum absolute atomic E-state index is 12.5. The molecule has 5 aromatic rings. The molecule has 2 N–H and O–H groups in total. The van der Waals surface area contributed by atoms with Crippen LogP contribution >= 0.6 is 0 Å². The molecule has 2 saturated heterocycles. The van der Waals surface area contributed by atoms with Crippen LogP contribution in [0.4, 0.5) is 0 Å². The molecule has 226 valence electrons. The van der Waals surface area contributed by atoms with Crippen molar-refractivity contribution in [3.05, 3.63) is 84.7 Å². The van der Waals surface area contributed by atoms with Gasteiger partial charge in [0.2, 0.25) is 0 Å². The van der Waals surface area contributed by atoms with Crippen LogP contribution in [-0.2, 0) is 4.74 Å². The van der Waals surface area contributed by atoms with Crippen LogP contribution in [-0.4, -0.2) is 98.3 Å². The summed E-state index contributed by atoms with van der Waals surface area (Å²) < 4.78 is 5.60. The number of ether oxygens (including phenoxy) is 1. The molecule has 0 unspecified atom stereocenters. The standard InChI is InChI=1S/C29H26N6O2.C5H11NO/c1-18-4-3-5-25(34-18)28-27(32-17-33-28)19-6-8-24-21(12-19)13-22(15-30-24)20-7-9-26(31-14-20)29(36)37-23-10-11-35(2)16-23;1-6-3-2-5(7)4-6/h3-9,12-15,17,23H,10-11,16H2,1-2H3,(H,32,33);5,7H,2-4H2,1H3/t23-;5-/m11/s1. The van der Waals surface area contributed by atoms with Gasteiger partial charge < -0.3 is 24.6 Å². The van der Waals surface area contributed by atoms with Gasteiger partial charge in [0.15, 0.2) is 0 Å². The highest BCUT2D eigenvalue weighted by atomic mass is 16.5. The molecule has 2 aliphatic rings. The van der Waals surface area contributed by atoms with Crippen molar-refractivity contribution in [3.63, 3.8) is 0 Å². The Bertz CT molecular complexity index is 1750. The van der Waals surface area contributed by atoms with E-state index in [-0.39, 0.29) is 18.2 Å². The van der Waals surface area contributed by atoms with Gasteiger partial charge in [-0.3, -0.25) is 9.97 Å². The number of rotatable bonds is 5. The molecule has 2 atom stereocenters. The van der Waals surface area contributed by atoms with Crippen LogP contribution in [0.25, 0.3) is 44.7 Å². The third-order valence-corrected chi connectivity index (χ3v) is 8.03. The first-order valence-electron chi connectivity index (χ1n) is 14.9. The quantitative estimate of drug-likeness (QED) is 0.283. The zero-order valence-electron chi connectivity index (χ0n) is 25.3. The number of carbonyl (C=O) groups is 1. The van der Waals surface area contributed by atoms with E-state index in [2.05, 4.69) is 46.9 Å². The van der Waals surface area contributed by atoms with Gasteiger partial charge >= 0.3 is 5.97 Å². The number of aromatic amines is 1. The first-order valence-corrected chi connectivity index (χ1v) is 14.9. The van der Waals surface area contributed by atoms with Crippen LogP contribution in [0.2, 0.25) is 0 Å². The van der Waals surface area contributed by atoms with E-state index in [0.29, 0.717) is 5.69 Å². The predicted octanol–water partition coefficient (Wildman–Crippen LogP) is 4.60. The number of aryl methyl sites for hydroxylation is 1. The molecule has 7 rings (SSSR count). The second kappa shape index (κ2) is 13.0. The lowest BCUT2D eigenvalue weighted by molar-refractivity contribution is 0.0320. The number of aromatic nitrogens is 5. The normalized spacial score (nSPS) is 18.7. The Morgan fingerprint density at radius 2 is 1.68 bits per heavy atom. The number of fused-ring (bicyclic) bond motifs is 1. The van der Waals surface area contributed by atoms with E-state index in [1.165, 1.54) is 0 Å². The van der Waals surface area contributed by atoms with Crippen LogP contribution in [0.15, 0.2) is 73.3 Å². The maximum atomic E-state index is 12.5. The first-order chi connectivity index (χ1) is 21.3. The molecule has 0 bridgehead atoms. The van der Waals surface area contributed by atoms with Gasteiger partial charge in [-0.1, -0.05) is 18.2 Å². The van der Waals surface area contributed by atoms with Crippen molar-refractivity contribution in [2.45, 2.75) is 32.0 Å². The zero-order chi connectivity index (χ0) is 30.6. The zero-order valence-corrected chi connectivity index (χ0v) is 25.3. The molecule has 0 aliphatic carbocycles. The second-order valence-electron chi connectivity index (χ2n) is 11.6. The summed E-state index contributed by atoms with van der Waals surface area (Å²) in [6.07, 6.45) is 6.89. The van der Waals surface area contributed by atoms with Gasteiger partial charge in [-0.15, -0.1) is 0 Å². The van der Waals surface area contributed by atoms with Crippen molar-refractivity contribution in [2.75, 3.05) is 40.3 Å². The average Bonchev–Trinajstić information content (AvgIpc) is 3.78. The Hall–Kier alpha value is -4.51. The molecule has 0 spiro atoms. The number of carbonyl (C=O) groups excluding carboxylic acids is 1. The lowest BCUT2D eigenvalue weighted by atomic mass is 10.0. The number of β-amino-alcohol motifs (C(OH)–C–C–N with tert-alkyl or cyclic N) is 1. The van der Waals surface area contributed by atoms with Gasteiger partial charge in [-0.25, -0.2) is 14.8 Å². The summed E-state index contributed by atoms with van der Waals surface area (Å²) in [7, 11) is 4.05. The number of nitrogens with zero attached hydrogens (tertiary/aromatic N) is 6. The number of hydrogen-bond acceptors (Lipinski definition) is 9. The van der Waals surface area contributed by atoms with E-state index in [9.17, 15) is 4.79 Å². The summed E-state index contributed by atoms with van der Waals surface area (Å²) in [6.45, 7) is 5.59. The fourth-order valence-corrected chi connectivity index (χ4v) is 5.63. The Balaban J connectivity index is 0.000000433. The number of aliphatic hydroxyl groups excluding tert-OH is 1. The monoisotopic (exact) mass is 591 g/mol. The number of likely N-dealkylation sites (tertiary alicyclic amines) is 2. The van der Waals surface area contributed by atoms with Gasteiger partial charge in [0.25, 0.3) is 0 Å². The van der Waals surface area contributed by atoms with Gasteiger partial charge in [0, 0.05) is 66.3 Å². The molecular formula is C34H37N7O3. The number of imidazole rings is 1. The molecular weight excluding hydrogens is 554 g/mol. The van der Waals surface area contributed by atoms with Gasteiger partial charge in [-0.05, 0) is 70.3 Å². The fourth-order valence-electron chi connectivity index (χ4n) is 5.63. The molecule has 0 radical (unpaired) electrons. The van der Waals surface area contributed by atoms with Crippen LogP contribution in [0.1, 0.15) is 29.0 Å². The minimum absolute atomic E-state index is 0.0509. The van der Waals surface area contributed by atoms with E-state index in [1.54, 1.807) is 18.6 Å². The number of benzene rings is 1. The summed E-state index contributed by atoms with van der Waals surface area (Å²) in [5.74, 6) is -0.383. The summed E-state index contributed by atoms with van der Waals surface area (Å²) in [5, 5.41) is 9.84. The van der Waals surface area contributed by atoms with Crippen molar-refractivity contribution in [3.8, 4) is 33.8 Å². The molecule has 10 nitrogen and oxygen atoms in total. The molecule has 6 heterocycles. The topological polar surface area (TPSA) is 120 Å². The number of nitrogens with one attached hydrogen (secondary N) is 1. The van der Waals surface area contributed by atoms with Crippen molar-refractivity contribution < 1.29 is 14.6 Å². The largest absolute Gasteiger partial charge is 0.456 e. The van der Waals surface area contributed by atoms with Gasteiger partial charge in [0.1, 0.15) is 11.8 Å². The molecule has 2 aliphatic heterocycles. The summed E-state index contributed by atoms with van der Waals surface area (Å²) in [5.41, 5.74) is 7.47. The van der Waals surface area contributed by atoms with Crippen molar-refractivity contribution in [1.29, 1.82) is 0 Å². The van der Waals surface area contributed by atoms with E-state index in [0.717, 1.165) is 89.4 Å². The molecule has 44 heavy (non-hydrogen) atoms. The predicted molar refractivity (Wildman–Crippen MR) is 170 cm³/mol. The highest BCUT2D eigenvalue weighted by Gasteiger charge is 2.24. The van der Waals surface area contributed by atoms with E-state index >= 15 is 0 Å². The lowest BCUT2D eigenvalue weighted by Crippen LogP contribution is -2.22. The highest BCUT2D eigenvalue weighted by molar-refractivity contribution is 5.90. The summed E-state index contributed by atoms with van der Waals surface area (Å²) >= 11 is 0. The minimum atomic E-state index is -0.383. The Labute approximate surface area is 256 Å². The third kappa shape index (κ3) is 6.83. The average molecular weight is 592 g/mol. The first kappa shape index (κ1) is 29.6. The third-order valence-electron chi connectivity index (χ3n) is 8.03. The van der Waals surface area contributed by atoms with Gasteiger partial charge in [-0.2, -0.15) is 0 Å². The van der Waals surface area contributed by atoms with Crippen LogP contribution in [0, 0.1) is 6.92 Å². The lowest BCUT2D eigenvalue weighted by Gasteiger charge is -2.12. The molecule has 2 fully saturated rings. The van der Waals surface area contributed by atoms with E-state index in [1.807, 2.05) is 63.6 Å². The van der Waals surface area contributed by atoms with Crippen molar-refractivity contribution >= 4 is 16.9 Å². The van der Waals surface area contributed by atoms with Crippen LogP contribution < -0.4 is 0 Å². The maximum Gasteiger partial charge on any atom is 0.357 e. The van der Waals surface area contributed by atoms with E-state index in [4.69, 9.17) is 9.84 Å². The molecule has 0 saturated carbocycles. The Morgan fingerprint density at radius 3 is 2.36 bits per heavy atom. The number of hydrogen-bond donors (Lipinski definition) is 2. The SMILES string of the molecule is CN1CC[C@@H](O)C1.Cc1cccc(-c2[nH]cnc2-c2ccc3ncc(-c4ccc(C(=O)O[C@@H]5CCN(C)C5)nc4)cc3c2)n1. The fraction of sp³-hybridized carbons (Fsp3) is 0.324. The highest BCUT2D eigenvalue weighted by Crippen LogP contribution is 2.31. The number of aliphatic hydroxyl groups is 1. The summed E-state index contributed by atoms with van der Waals surface area (Å²) in [6, 6.07) is 17.7. The number of likely N-dealkylation sites (N-methyl/N-ethyl adjacent to an activating group) is 2. The minimum Gasteiger partial charge on any atom is -0.456 e. The van der Waals surface area contributed by atoms with Crippen LogP contribution in [0.5, 0.6) is 0 Å². The number of esters is 1. The molecule has 10 heteroatoms. The summed E-state index contributed by atoms with van der Waals surface area (Å²) in [4.78, 5) is 38.2. The molecule has 4 aromatic heterocycles. The Morgan fingerprint density at radius 1 is 0.909 bits per heavy atom. The molecule has 0 amide bonds. The van der Waals surface area contributed by atoms with Crippen molar-refractivity contribution in [1.82, 2.24) is 34.7 Å². The number of pyridine rings is 3. The van der Waals surface area contributed by atoms with Gasteiger partial charge in [0.05, 0.1) is 35.0 Å². The molecule has 1 aromatic carbocycles.